The van der Waals surface area contributed by atoms with Gasteiger partial charge < -0.3 is 0 Å². The predicted octanol–water partition coefficient (Wildman–Crippen LogP) is 2.90. The molecule has 0 amide bonds. The van der Waals surface area contributed by atoms with Gasteiger partial charge in [0.05, 0.1) is 0 Å². The van der Waals surface area contributed by atoms with E-state index in [9.17, 15) is 9.59 Å². The first-order valence-corrected chi connectivity index (χ1v) is 5.80. The topological polar surface area (TPSA) is 34.1 Å². The summed E-state index contributed by atoms with van der Waals surface area (Å²) in [5, 5.41) is 0. The average molecular weight is 196 g/mol. The highest BCUT2D eigenvalue weighted by Gasteiger charge is 2.25. The Hall–Kier alpha value is -0.660. The van der Waals surface area contributed by atoms with Gasteiger partial charge in [-0.1, -0.05) is 32.6 Å². The molecule has 0 heterocycles. The predicted molar refractivity (Wildman–Crippen MR) is 56.1 cm³/mol. The molecule has 0 bridgehead atoms. The van der Waals surface area contributed by atoms with Crippen LogP contribution >= 0.6 is 0 Å². The van der Waals surface area contributed by atoms with Gasteiger partial charge in [-0.15, -0.1) is 0 Å². The van der Waals surface area contributed by atoms with Crippen LogP contribution in [-0.4, -0.2) is 11.6 Å². The van der Waals surface area contributed by atoms with Crippen LogP contribution in [0.3, 0.4) is 0 Å². The zero-order valence-electron chi connectivity index (χ0n) is 9.05. The minimum absolute atomic E-state index is 0.128. The lowest BCUT2D eigenvalue weighted by atomic mass is 9.84. The maximum absolute atomic E-state index is 11.1. The SMILES string of the molecule is CCCCCCC1CCC(=O)C(=O)C1. The van der Waals surface area contributed by atoms with Crippen molar-refractivity contribution in [1.29, 1.82) is 0 Å². The van der Waals surface area contributed by atoms with Gasteiger partial charge in [0.15, 0.2) is 11.6 Å². The maximum atomic E-state index is 11.1. The Morgan fingerprint density at radius 3 is 2.57 bits per heavy atom. The molecule has 2 heteroatoms. The van der Waals surface area contributed by atoms with Gasteiger partial charge in [-0.3, -0.25) is 9.59 Å². The highest BCUT2D eigenvalue weighted by atomic mass is 16.2. The minimum atomic E-state index is -0.144. The molecule has 0 aromatic heterocycles. The van der Waals surface area contributed by atoms with Gasteiger partial charge in [0.25, 0.3) is 0 Å². The first-order chi connectivity index (χ1) is 6.74. The van der Waals surface area contributed by atoms with E-state index < -0.39 is 0 Å². The van der Waals surface area contributed by atoms with Crippen molar-refractivity contribution in [2.75, 3.05) is 0 Å². The van der Waals surface area contributed by atoms with Crippen molar-refractivity contribution in [1.82, 2.24) is 0 Å². The quantitative estimate of drug-likeness (QED) is 0.500. The summed E-state index contributed by atoms with van der Waals surface area (Å²) < 4.78 is 0. The molecular weight excluding hydrogens is 176 g/mol. The van der Waals surface area contributed by atoms with Gasteiger partial charge >= 0.3 is 0 Å². The molecule has 1 aliphatic rings. The fourth-order valence-electron chi connectivity index (χ4n) is 2.06. The largest absolute Gasteiger partial charge is 0.291 e. The molecule has 0 radical (unpaired) electrons. The van der Waals surface area contributed by atoms with Gasteiger partial charge in [0, 0.05) is 12.8 Å². The molecule has 0 aromatic carbocycles. The Kier molecular flexibility index (Phi) is 4.85. The molecule has 1 aliphatic carbocycles. The molecule has 1 atom stereocenters. The fourth-order valence-corrected chi connectivity index (χ4v) is 2.06. The second-order valence-electron chi connectivity index (χ2n) is 4.30. The molecule has 0 spiro atoms. The third-order valence-electron chi connectivity index (χ3n) is 3.03. The summed E-state index contributed by atoms with van der Waals surface area (Å²) in [5.74, 6) is 0.226. The van der Waals surface area contributed by atoms with Crippen molar-refractivity contribution in [2.45, 2.75) is 58.3 Å². The summed E-state index contributed by atoms with van der Waals surface area (Å²) in [6.45, 7) is 2.20. The van der Waals surface area contributed by atoms with Crippen molar-refractivity contribution in [3.8, 4) is 0 Å². The summed E-state index contributed by atoms with van der Waals surface area (Å²) in [6, 6.07) is 0. The van der Waals surface area contributed by atoms with Crippen LogP contribution in [0.15, 0.2) is 0 Å². The van der Waals surface area contributed by atoms with Crippen molar-refractivity contribution < 1.29 is 9.59 Å². The van der Waals surface area contributed by atoms with E-state index in [4.69, 9.17) is 0 Å². The molecule has 0 N–H and O–H groups in total. The molecule has 1 rings (SSSR count). The number of carbonyl (C=O) groups excluding carboxylic acids is 2. The van der Waals surface area contributed by atoms with Crippen molar-refractivity contribution in [2.24, 2.45) is 5.92 Å². The third kappa shape index (κ3) is 3.60. The van der Waals surface area contributed by atoms with Crippen LogP contribution in [0, 0.1) is 5.92 Å². The molecule has 0 aliphatic heterocycles. The van der Waals surface area contributed by atoms with E-state index in [1.165, 1.54) is 25.7 Å². The number of Topliss-reactive ketones (excluding diaryl/α,β-unsaturated/α-hetero) is 2. The number of hydrogen-bond acceptors (Lipinski definition) is 2. The van der Waals surface area contributed by atoms with Gasteiger partial charge in [-0.05, 0) is 18.8 Å². The number of unbranched alkanes of at least 4 members (excludes halogenated alkanes) is 3. The van der Waals surface area contributed by atoms with E-state index >= 15 is 0 Å². The van der Waals surface area contributed by atoms with E-state index in [0.29, 0.717) is 18.8 Å². The lowest BCUT2D eigenvalue weighted by Crippen LogP contribution is -2.24. The Balaban J connectivity index is 2.14. The molecule has 0 saturated heterocycles. The number of rotatable bonds is 5. The summed E-state index contributed by atoms with van der Waals surface area (Å²) in [4.78, 5) is 22.1. The van der Waals surface area contributed by atoms with Crippen molar-refractivity contribution >= 4 is 11.6 Å². The van der Waals surface area contributed by atoms with E-state index in [1.807, 2.05) is 0 Å². The maximum Gasteiger partial charge on any atom is 0.198 e. The number of carbonyl (C=O) groups is 2. The van der Waals surface area contributed by atoms with Crippen LogP contribution in [0.2, 0.25) is 0 Å². The van der Waals surface area contributed by atoms with Gasteiger partial charge in [0.2, 0.25) is 0 Å². The zero-order valence-corrected chi connectivity index (χ0v) is 9.05. The van der Waals surface area contributed by atoms with Crippen LogP contribution in [0.25, 0.3) is 0 Å². The molecular formula is C12H20O2. The summed E-state index contributed by atoms with van der Waals surface area (Å²) in [6.07, 6.45) is 8.13. The lowest BCUT2D eigenvalue weighted by Gasteiger charge is -2.19. The highest BCUT2D eigenvalue weighted by Crippen LogP contribution is 2.24. The fraction of sp³-hybridized carbons (Fsp3) is 0.833. The molecule has 0 aromatic rings. The van der Waals surface area contributed by atoms with Crippen LogP contribution in [0.4, 0.5) is 0 Å². The second-order valence-corrected chi connectivity index (χ2v) is 4.30. The summed E-state index contributed by atoms with van der Waals surface area (Å²) >= 11 is 0. The van der Waals surface area contributed by atoms with E-state index in [-0.39, 0.29) is 11.6 Å². The third-order valence-corrected chi connectivity index (χ3v) is 3.03. The van der Waals surface area contributed by atoms with E-state index in [1.54, 1.807) is 0 Å². The minimum Gasteiger partial charge on any atom is -0.291 e. The molecule has 14 heavy (non-hydrogen) atoms. The zero-order chi connectivity index (χ0) is 10.4. The van der Waals surface area contributed by atoms with Crippen LogP contribution in [0.1, 0.15) is 58.3 Å². The van der Waals surface area contributed by atoms with Gasteiger partial charge in [-0.2, -0.15) is 0 Å². The monoisotopic (exact) mass is 196 g/mol. The highest BCUT2D eigenvalue weighted by molar-refractivity contribution is 6.37. The molecule has 1 fully saturated rings. The first kappa shape index (κ1) is 11.4. The number of hydrogen-bond donors (Lipinski definition) is 0. The number of ketones is 2. The molecule has 1 saturated carbocycles. The first-order valence-electron chi connectivity index (χ1n) is 5.80. The molecule has 2 nitrogen and oxygen atoms in total. The van der Waals surface area contributed by atoms with Gasteiger partial charge in [-0.25, -0.2) is 0 Å². The standard InChI is InChI=1S/C12H20O2/c1-2-3-4-5-6-10-7-8-11(13)12(14)9-10/h10H,2-9H2,1H3. The Morgan fingerprint density at radius 1 is 1.14 bits per heavy atom. The second kappa shape index (κ2) is 5.94. The summed E-state index contributed by atoms with van der Waals surface area (Å²) in [7, 11) is 0. The normalized spacial score (nSPS) is 22.8. The Bertz CT molecular complexity index is 208. The van der Waals surface area contributed by atoms with E-state index in [0.717, 1.165) is 12.8 Å². The Labute approximate surface area is 86.1 Å². The van der Waals surface area contributed by atoms with Gasteiger partial charge in [0.1, 0.15) is 0 Å². The Morgan fingerprint density at radius 2 is 1.93 bits per heavy atom. The van der Waals surface area contributed by atoms with Crippen LogP contribution < -0.4 is 0 Å². The van der Waals surface area contributed by atoms with Crippen LogP contribution in [-0.2, 0) is 9.59 Å². The lowest BCUT2D eigenvalue weighted by molar-refractivity contribution is -0.139. The average Bonchev–Trinajstić information content (AvgIpc) is 2.18. The van der Waals surface area contributed by atoms with Crippen LogP contribution in [0.5, 0.6) is 0 Å². The molecule has 1 unspecified atom stereocenters. The molecule has 80 valence electrons. The smallest absolute Gasteiger partial charge is 0.198 e. The summed E-state index contributed by atoms with van der Waals surface area (Å²) in [5.41, 5.74) is 0. The van der Waals surface area contributed by atoms with E-state index in [2.05, 4.69) is 6.92 Å². The van der Waals surface area contributed by atoms with Crippen molar-refractivity contribution in [3.05, 3.63) is 0 Å². The van der Waals surface area contributed by atoms with Crippen molar-refractivity contribution in [3.63, 3.8) is 0 Å².